The molecule has 184 valence electrons. The molecule has 0 radical (unpaired) electrons. The lowest BCUT2D eigenvalue weighted by atomic mass is 9.82. The van der Waals surface area contributed by atoms with E-state index in [2.05, 4.69) is 15.6 Å². The second-order valence-electron chi connectivity index (χ2n) is 9.24. The lowest BCUT2D eigenvalue weighted by molar-refractivity contribution is -0.129. The summed E-state index contributed by atoms with van der Waals surface area (Å²) in [6.07, 6.45) is 8.16. The Labute approximate surface area is 208 Å². The molecule has 1 amide bonds. The molecule has 0 spiro atoms. The van der Waals surface area contributed by atoms with Gasteiger partial charge in [-0.05, 0) is 62.6 Å². The van der Waals surface area contributed by atoms with E-state index in [0.29, 0.717) is 41.4 Å². The molecule has 9 heteroatoms. The molecule has 1 saturated carbocycles. The predicted octanol–water partition coefficient (Wildman–Crippen LogP) is 4.95. The fraction of sp³-hybridized carbons (Fsp3) is 0.462. The maximum atomic E-state index is 12.4. The SMILES string of the molecule is CNC(=O)c1cc(Oc2ccc3nc(NC4CCC(CC(=O)[C@@H]5CCCO5)CC4)sc3c2)ccn1. The van der Waals surface area contributed by atoms with Crippen LogP contribution < -0.4 is 15.4 Å². The number of nitrogens with one attached hydrogen (secondary N) is 2. The normalized spacial score (nSPS) is 22.1. The van der Waals surface area contributed by atoms with Gasteiger partial charge in [0.2, 0.25) is 0 Å². The van der Waals surface area contributed by atoms with Crippen LogP contribution in [0.2, 0.25) is 0 Å². The topological polar surface area (TPSA) is 102 Å². The Kier molecular flexibility index (Phi) is 7.24. The van der Waals surface area contributed by atoms with E-state index >= 15 is 0 Å². The number of hydrogen-bond acceptors (Lipinski definition) is 8. The number of anilines is 1. The van der Waals surface area contributed by atoms with Crippen molar-refractivity contribution in [2.45, 2.75) is 57.1 Å². The summed E-state index contributed by atoms with van der Waals surface area (Å²) < 4.78 is 12.5. The van der Waals surface area contributed by atoms with E-state index in [0.717, 1.165) is 60.5 Å². The van der Waals surface area contributed by atoms with Gasteiger partial charge in [0, 0.05) is 44.4 Å². The van der Waals surface area contributed by atoms with Crippen LogP contribution in [0.4, 0.5) is 5.13 Å². The highest BCUT2D eigenvalue weighted by atomic mass is 32.1. The van der Waals surface area contributed by atoms with Crippen molar-refractivity contribution in [1.29, 1.82) is 0 Å². The van der Waals surface area contributed by atoms with Crippen LogP contribution in [0.5, 0.6) is 11.5 Å². The number of aromatic nitrogens is 2. The number of rotatable bonds is 8. The van der Waals surface area contributed by atoms with E-state index in [1.54, 1.807) is 36.7 Å². The number of pyridine rings is 1. The number of fused-ring (bicyclic) bond motifs is 1. The smallest absolute Gasteiger partial charge is 0.269 e. The number of nitrogens with zero attached hydrogens (tertiary/aromatic N) is 2. The van der Waals surface area contributed by atoms with Crippen molar-refractivity contribution < 1.29 is 19.1 Å². The van der Waals surface area contributed by atoms with Crippen LogP contribution in [-0.4, -0.2) is 47.5 Å². The van der Waals surface area contributed by atoms with Crippen LogP contribution >= 0.6 is 11.3 Å². The van der Waals surface area contributed by atoms with Crippen LogP contribution in [0.1, 0.15) is 55.4 Å². The maximum absolute atomic E-state index is 12.4. The van der Waals surface area contributed by atoms with Gasteiger partial charge in [-0.25, -0.2) is 4.98 Å². The first-order valence-corrected chi connectivity index (χ1v) is 13.1. The number of carbonyl (C=O) groups is 2. The van der Waals surface area contributed by atoms with Crippen LogP contribution in [0.25, 0.3) is 10.2 Å². The maximum Gasteiger partial charge on any atom is 0.269 e. The minimum absolute atomic E-state index is 0.154. The predicted molar refractivity (Wildman–Crippen MR) is 135 cm³/mol. The zero-order valence-electron chi connectivity index (χ0n) is 19.8. The van der Waals surface area contributed by atoms with Crippen molar-refractivity contribution in [3.05, 3.63) is 42.2 Å². The molecular formula is C26H30N4O4S. The highest BCUT2D eigenvalue weighted by Gasteiger charge is 2.28. The van der Waals surface area contributed by atoms with E-state index in [4.69, 9.17) is 14.5 Å². The van der Waals surface area contributed by atoms with E-state index in [9.17, 15) is 9.59 Å². The summed E-state index contributed by atoms with van der Waals surface area (Å²) in [5, 5.41) is 7.07. The quantitative estimate of drug-likeness (QED) is 0.457. The monoisotopic (exact) mass is 494 g/mol. The molecule has 5 rings (SSSR count). The molecule has 0 bridgehead atoms. The molecular weight excluding hydrogens is 464 g/mol. The van der Waals surface area contributed by atoms with E-state index in [1.165, 1.54) is 0 Å². The van der Waals surface area contributed by atoms with Gasteiger partial charge in [-0.1, -0.05) is 11.3 Å². The van der Waals surface area contributed by atoms with Crippen LogP contribution in [-0.2, 0) is 9.53 Å². The highest BCUT2D eigenvalue weighted by molar-refractivity contribution is 7.22. The molecule has 3 aromatic rings. The largest absolute Gasteiger partial charge is 0.457 e. The number of benzene rings is 1. The zero-order chi connectivity index (χ0) is 24.2. The Morgan fingerprint density at radius 3 is 2.71 bits per heavy atom. The minimum Gasteiger partial charge on any atom is -0.457 e. The number of hydrogen-bond donors (Lipinski definition) is 2. The molecule has 3 heterocycles. The molecule has 0 unspecified atom stereocenters. The van der Waals surface area contributed by atoms with Gasteiger partial charge in [0.05, 0.1) is 10.2 Å². The first-order valence-electron chi connectivity index (χ1n) is 12.2. The van der Waals surface area contributed by atoms with Crippen molar-refractivity contribution in [2.24, 2.45) is 5.92 Å². The van der Waals surface area contributed by atoms with Crippen molar-refractivity contribution in [2.75, 3.05) is 19.0 Å². The Hall–Kier alpha value is -3.04. The number of thiazole rings is 1. The van der Waals surface area contributed by atoms with Gasteiger partial charge in [-0.2, -0.15) is 0 Å². The average molecular weight is 495 g/mol. The summed E-state index contributed by atoms with van der Waals surface area (Å²) in [6, 6.07) is 9.50. The fourth-order valence-electron chi connectivity index (χ4n) is 4.83. The van der Waals surface area contributed by atoms with Gasteiger partial charge in [0.15, 0.2) is 10.9 Å². The highest BCUT2D eigenvalue weighted by Crippen LogP contribution is 2.34. The van der Waals surface area contributed by atoms with Crippen molar-refractivity contribution >= 4 is 38.4 Å². The summed E-state index contributed by atoms with van der Waals surface area (Å²) in [7, 11) is 1.57. The molecule has 35 heavy (non-hydrogen) atoms. The molecule has 1 aromatic carbocycles. The summed E-state index contributed by atoms with van der Waals surface area (Å²) in [6.45, 7) is 0.727. The number of amides is 1. The third kappa shape index (κ3) is 5.79. The molecule has 2 fully saturated rings. The fourth-order valence-corrected chi connectivity index (χ4v) is 5.80. The van der Waals surface area contributed by atoms with E-state index < -0.39 is 0 Å². The molecule has 8 nitrogen and oxygen atoms in total. The van der Waals surface area contributed by atoms with Gasteiger partial charge in [-0.15, -0.1) is 0 Å². The van der Waals surface area contributed by atoms with E-state index in [1.807, 2.05) is 18.2 Å². The van der Waals surface area contributed by atoms with Gasteiger partial charge >= 0.3 is 0 Å². The Balaban J connectivity index is 1.16. The van der Waals surface area contributed by atoms with Gasteiger partial charge in [0.25, 0.3) is 5.91 Å². The zero-order valence-corrected chi connectivity index (χ0v) is 20.6. The van der Waals surface area contributed by atoms with Crippen molar-refractivity contribution in [1.82, 2.24) is 15.3 Å². The van der Waals surface area contributed by atoms with Gasteiger partial charge < -0.3 is 20.1 Å². The summed E-state index contributed by atoms with van der Waals surface area (Å²) in [5.41, 5.74) is 1.22. The van der Waals surface area contributed by atoms with Crippen LogP contribution in [0, 0.1) is 5.92 Å². The lowest BCUT2D eigenvalue weighted by Gasteiger charge is -2.29. The molecule has 1 saturated heterocycles. The minimum atomic E-state index is -0.257. The number of ether oxygens (including phenoxy) is 2. The summed E-state index contributed by atoms with van der Waals surface area (Å²) in [4.78, 5) is 33.0. The third-order valence-electron chi connectivity index (χ3n) is 6.74. The Bertz CT molecular complexity index is 1200. The third-order valence-corrected chi connectivity index (χ3v) is 7.69. The molecule has 2 N–H and O–H groups in total. The second-order valence-corrected chi connectivity index (χ2v) is 10.3. The molecule has 1 aliphatic heterocycles. The molecule has 2 aliphatic rings. The van der Waals surface area contributed by atoms with Crippen molar-refractivity contribution in [3.63, 3.8) is 0 Å². The standard InChI is InChI=1S/C26H30N4O4S/c1-27-25(32)21-14-19(10-11-28-21)34-18-8-9-20-24(15-18)35-26(30-20)29-17-6-4-16(5-7-17)13-22(31)23-3-2-12-33-23/h8-11,14-17,23H,2-7,12-13H2,1H3,(H,27,32)(H,29,30)/t16?,17?,23-/m0/s1. The second kappa shape index (κ2) is 10.7. The van der Waals surface area contributed by atoms with Gasteiger partial charge in [-0.3, -0.25) is 14.6 Å². The molecule has 1 atom stereocenters. The lowest BCUT2D eigenvalue weighted by Crippen LogP contribution is -2.29. The first kappa shape index (κ1) is 23.7. The summed E-state index contributed by atoms with van der Waals surface area (Å²) in [5.74, 6) is 1.73. The van der Waals surface area contributed by atoms with Crippen molar-refractivity contribution in [3.8, 4) is 11.5 Å². The van der Waals surface area contributed by atoms with Crippen LogP contribution in [0.15, 0.2) is 36.5 Å². The number of ketones is 1. The molecule has 2 aromatic heterocycles. The summed E-state index contributed by atoms with van der Waals surface area (Å²) >= 11 is 1.61. The Morgan fingerprint density at radius 1 is 1.11 bits per heavy atom. The average Bonchev–Trinajstić information content (AvgIpc) is 3.55. The first-order chi connectivity index (χ1) is 17.1. The Morgan fingerprint density at radius 2 is 1.94 bits per heavy atom. The number of Topliss-reactive ketones (excluding diaryl/α,β-unsaturated/α-hetero) is 1. The van der Waals surface area contributed by atoms with E-state index in [-0.39, 0.29) is 12.0 Å². The number of carbonyl (C=O) groups excluding carboxylic acids is 2. The molecule has 1 aliphatic carbocycles. The van der Waals surface area contributed by atoms with Gasteiger partial charge in [0.1, 0.15) is 23.3 Å². The van der Waals surface area contributed by atoms with Crippen LogP contribution in [0.3, 0.4) is 0 Å².